The molecule has 0 aromatic rings. The summed E-state index contributed by atoms with van der Waals surface area (Å²) in [6.07, 6.45) is 2.15. The summed E-state index contributed by atoms with van der Waals surface area (Å²) in [5.41, 5.74) is 0. The van der Waals surface area contributed by atoms with E-state index in [4.69, 9.17) is 0 Å². The van der Waals surface area contributed by atoms with Crippen LogP contribution >= 0.6 is 0 Å². The van der Waals surface area contributed by atoms with Crippen molar-refractivity contribution >= 4 is 5.91 Å². The average Bonchev–Trinajstić information content (AvgIpc) is 2.58. The van der Waals surface area contributed by atoms with E-state index in [9.17, 15) is 4.79 Å². The Bertz CT molecular complexity index is 150. The van der Waals surface area contributed by atoms with Crippen LogP contribution in [0.15, 0.2) is 0 Å². The summed E-state index contributed by atoms with van der Waals surface area (Å²) in [6, 6.07) is 0.102. The summed E-state index contributed by atoms with van der Waals surface area (Å²) < 4.78 is 0. The van der Waals surface area contributed by atoms with Crippen LogP contribution in [0.4, 0.5) is 0 Å². The molecule has 0 aromatic carbocycles. The van der Waals surface area contributed by atoms with Crippen LogP contribution in [0.2, 0.25) is 0 Å². The van der Waals surface area contributed by atoms with Gasteiger partial charge in [-0.05, 0) is 33.2 Å². The molecule has 3 nitrogen and oxygen atoms in total. The molecule has 1 rings (SSSR count). The molecule has 0 aliphatic carbocycles. The highest BCUT2D eigenvalue weighted by atomic mass is 35.5. The number of carbonyl (C=O) groups is 1. The summed E-state index contributed by atoms with van der Waals surface area (Å²) in [4.78, 5) is 13.6. The highest BCUT2D eigenvalue weighted by molar-refractivity contribution is 5.82. The fourth-order valence-electron chi connectivity index (χ4n) is 1.65. The van der Waals surface area contributed by atoms with Crippen molar-refractivity contribution < 1.29 is 17.2 Å². The van der Waals surface area contributed by atoms with Crippen LogP contribution < -0.4 is 17.7 Å². The van der Waals surface area contributed by atoms with Crippen molar-refractivity contribution in [1.82, 2.24) is 10.2 Å². The lowest BCUT2D eigenvalue weighted by molar-refractivity contribution is -0.132. The summed E-state index contributed by atoms with van der Waals surface area (Å²) in [6.45, 7) is 6.70. The molecule has 4 heteroatoms. The van der Waals surface area contributed by atoms with Gasteiger partial charge in [0.15, 0.2) is 0 Å². The molecule has 13 heavy (non-hydrogen) atoms. The van der Waals surface area contributed by atoms with Crippen LogP contribution in [-0.2, 0) is 4.79 Å². The Morgan fingerprint density at radius 3 is 2.46 bits per heavy atom. The van der Waals surface area contributed by atoms with Crippen molar-refractivity contribution in [3.63, 3.8) is 0 Å². The standard InChI is InChI=1S/C9H18N2O.ClH/c1-3-11(4-2)9(12)8-6-5-7-10-8;/h8,10H,3-7H2,1-2H3;1H/p-1. The molecule has 0 saturated carbocycles. The number of halogens is 1. The maximum Gasteiger partial charge on any atom is 0.239 e. The van der Waals surface area contributed by atoms with Crippen LogP contribution in [0.3, 0.4) is 0 Å². The monoisotopic (exact) mass is 205 g/mol. The van der Waals surface area contributed by atoms with Gasteiger partial charge in [0, 0.05) is 13.1 Å². The Labute approximate surface area is 86.3 Å². The summed E-state index contributed by atoms with van der Waals surface area (Å²) in [5, 5.41) is 3.21. The van der Waals surface area contributed by atoms with Crippen molar-refractivity contribution in [3.05, 3.63) is 0 Å². The van der Waals surface area contributed by atoms with Crippen molar-refractivity contribution in [1.29, 1.82) is 0 Å². The lowest BCUT2D eigenvalue weighted by Crippen LogP contribution is -3.00. The molecule has 1 aliphatic rings. The molecule has 1 saturated heterocycles. The second-order valence-electron chi connectivity index (χ2n) is 3.16. The molecule has 1 unspecified atom stereocenters. The third-order valence-corrected chi connectivity index (χ3v) is 2.43. The third-order valence-electron chi connectivity index (χ3n) is 2.43. The van der Waals surface area contributed by atoms with Gasteiger partial charge in [-0.25, -0.2) is 0 Å². The van der Waals surface area contributed by atoms with E-state index in [-0.39, 0.29) is 24.4 Å². The molecule has 1 aliphatic heterocycles. The first-order valence-electron chi connectivity index (χ1n) is 4.81. The fourth-order valence-corrected chi connectivity index (χ4v) is 1.65. The van der Waals surface area contributed by atoms with Gasteiger partial charge in [-0.2, -0.15) is 0 Å². The summed E-state index contributed by atoms with van der Waals surface area (Å²) in [5.74, 6) is 0.275. The topological polar surface area (TPSA) is 32.3 Å². The normalized spacial score (nSPS) is 20.9. The lowest BCUT2D eigenvalue weighted by atomic mass is 10.2. The Morgan fingerprint density at radius 2 is 2.08 bits per heavy atom. The van der Waals surface area contributed by atoms with Gasteiger partial charge in [0.25, 0.3) is 0 Å². The van der Waals surface area contributed by atoms with Crippen LogP contribution in [-0.4, -0.2) is 36.5 Å². The van der Waals surface area contributed by atoms with E-state index in [0.29, 0.717) is 0 Å². The van der Waals surface area contributed by atoms with Gasteiger partial charge in [0.1, 0.15) is 0 Å². The number of amides is 1. The number of likely N-dealkylation sites (N-methyl/N-ethyl adjacent to an activating group) is 1. The molecule has 0 bridgehead atoms. The Balaban J connectivity index is 0.00000144. The van der Waals surface area contributed by atoms with Crippen LogP contribution in [0.1, 0.15) is 26.7 Å². The minimum atomic E-state index is 0. The Hall–Kier alpha value is -0.280. The quantitative estimate of drug-likeness (QED) is 0.558. The molecule has 0 radical (unpaired) electrons. The van der Waals surface area contributed by atoms with E-state index in [1.165, 1.54) is 0 Å². The van der Waals surface area contributed by atoms with E-state index in [2.05, 4.69) is 5.32 Å². The molecule has 1 N–H and O–H groups in total. The fraction of sp³-hybridized carbons (Fsp3) is 0.889. The zero-order valence-electron chi connectivity index (χ0n) is 8.35. The van der Waals surface area contributed by atoms with Crippen LogP contribution in [0.5, 0.6) is 0 Å². The number of nitrogens with zero attached hydrogens (tertiary/aromatic N) is 1. The zero-order valence-corrected chi connectivity index (χ0v) is 9.10. The predicted octanol–water partition coefficient (Wildman–Crippen LogP) is -2.39. The SMILES string of the molecule is CCN(CC)C(=O)C1CCCN1.[Cl-]. The Kier molecular flexibility index (Phi) is 6.08. The molecule has 0 spiro atoms. The van der Waals surface area contributed by atoms with Crippen molar-refractivity contribution in [2.75, 3.05) is 19.6 Å². The molecular weight excluding hydrogens is 188 g/mol. The first kappa shape index (κ1) is 12.7. The van der Waals surface area contributed by atoms with E-state index in [1.807, 2.05) is 18.7 Å². The molecule has 1 fully saturated rings. The molecule has 1 atom stereocenters. The molecule has 1 amide bonds. The van der Waals surface area contributed by atoms with Gasteiger partial charge in [0.05, 0.1) is 6.04 Å². The minimum absolute atomic E-state index is 0. The second-order valence-corrected chi connectivity index (χ2v) is 3.16. The third kappa shape index (κ3) is 3.16. The van der Waals surface area contributed by atoms with Gasteiger partial charge in [-0.1, -0.05) is 0 Å². The van der Waals surface area contributed by atoms with Gasteiger partial charge >= 0.3 is 0 Å². The average molecular weight is 206 g/mol. The first-order valence-corrected chi connectivity index (χ1v) is 4.81. The summed E-state index contributed by atoms with van der Waals surface area (Å²) in [7, 11) is 0. The maximum atomic E-state index is 11.7. The predicted molar refractivity (Wildman–Crippen MR) is 49.0 cm³/mol. The second kappa shape index (κ2) is 6.22. The van der Waals surface area contributed by atoms with E-state index in [0.717, 1.165) is 32.5 Å². The molecular formula is C9H18ClN2O-. The van der Waals surface area contributed by atoms with Gasteiger partial charge in [-0.15, -0.1) is 0 Å². The number of rotatable bonds is 3. The minimum Gasteiger partial charge on any atom is -1.00 e. The maximum absolute atomic E-state index is 11.7. The molecule has 0 aromatic heterocycles. The smallest absolute Gasteiger partial charge is 0.239 e. The number of hydrogen-bond donors (Lipinski definition) is 1. The van der Waals surface area contributed by atoms with Crippen molar-refractivity contribution in [2.45, 2.75) is 32.7 Å². The zero-order chi connectivity index (χ0) is 8.97. The van der Waals surface area contributed by atoms with E-state index in [1.54, 1.807) is 0 Å². The lowest BCUT2D eigenvalue weighted by Gasteiger charge is -2.22. The first-order chi connectivity index (χ1) is 5.79. The number of nitrogens with one attached hydrogen (secondary N) is 1. The largest absolute Gasteiger partial charge is 1.00 e. The van der Waals surface area contributed by atoms with E-state index < -0.39 is 0 Å². The highest BCUT2D eigenvalue weighted by Gasteiger charge is 2.24. The van der Waals surface area contributed by atoms with E-state index >= 15 is 0 Å². The van der Waals surface area contributed by atoms with Crippen molar-refractivity contribution in [2.24, 2.45) is 0 Å². The number of carbonyl (C=O) groups excluding carboxylic acids is 1. The van der Waals surface area contributed by atoms with Gasteiger partial charge in [-0.3, -0.25) is 4.79 Å². The summed E-state index contributed by atoms with van der Waals surface area (Å²) >= 11 is 0. The van der Waals surface area contributed by atoms with Gasteiger partial charge < -0.3 is 22.6 Å². The highest BCUT2D eigenvalue weighted by Crippen LogP contribution is 2.07. The van der Waals surface area contributed by atoms with Crippen LogP contribution in [0, 0.1) is 0 Å². The number of hydrogen-bond acceptors (Lipinski definition) is 2. The van der Waals surface area contributed by atoms with Crippen LogP contribution in [0.25, 0.3) is 0 Å². The van der Waals surface area contributed by atoms with Gasteiger partial charge in [0.2, 0.25) is 5.91 Å². The Morgan fingerprint density at radius 1 is 1.46 bits per heavy atom. The van der Waals surface area contributed by atoms with Crippen molar-refractivity contribution in [3.8, 4) is 0 Å². The molecule has 1 heterocycles. The molecule has 78 valence electrons.